The second-order valence-corrected chi connectivity index (χ2v) is 5.56. The van der Waals surface area contributed by atoms with E-state index >= 15 is 0 Å². The van der Waals surface area contributed by atoms with Crippen LogP contribution >= 0.6 is 0 Å². The molecule has 0 bridgehead atoms. The quantitative estimate of drug-likeness (QED) is 0.441. The van der Waals surface area contributed by atoms with Gasteiger partial charge in [0.2, 0.25) is 0 Å². The predicted octanol–water partition coefficient (Wildman–Crippen LogP) is 3.51. The molecule has 0 saturated carbocycles. The lowest BCUT2D eigenvalue weighted by Crippen LogP contribution is -2.05. The molecule has 1 unspecified atom stereocenters. The van der Waals surface area contributed by atoms with E-state index in [4.69, 9.17) is 14.2 Å². The molecule has 0 radical (unpaired) electrons. The van der Waals surface area contributed by atoms with Crippen LogP contribution in [-0.2, 0) is 14.3 Å². The molecular weight excluding hydrogens is 336 g/mol. The summed E-state index contributed by atoms with van der Waals surface area (Å²) in [5, 5.41) is 19.1. The van der Waals surface area contributed by atoms with E-state index < -0.39 is 5.97 Å². The van der Waals surface area contributed by atoms with Gasteiger partial charge in [0.25, 0.3) is 0 Å². The van der Waals surface area contributed by atoms with E-state index in [1.165, 1.54) is 26.4 Å². The van der Waals surface area contributed by atoms with Crippen molar-refractivity contribution in [3.8, 4) is 11.5 Å². The molecule has 1 aliphatic rings. The first kappa shape index (κ1) is 19.2. The average molecular weight is 358 g/mol. The second-order valence-electron chi connectivity index (χ2n) is 5.56. The molecule has 1 aliphatic carbocycles. The number of rotatable bonds is 7. The normalized spacial score (nSPS) is 17.1. The number of aromatic hydroxyl groups is 1. The summed E-state index contributed by atoms with van der Waals surface area (Å²) in [5.41, 5.74) is 0.707. The Morgan fingerprint density at radius 2 is 2.08 bits per heavy atom. The Hall–Kier alpha value is -3.15. The Bertz CT molecular complexity index is 758. The Labute approximate surface area is 152 Å². The summed E-state index contributed by atoms with van der Waals surface area (Å²) >= 11 is 0. The van der Waals surface area contributed by atoms with E-state index in [-0.39, 0.29) is 24.0 Å². The molecule has 0 aromatic heterocycles. The smallest absolute Gasteiger partial charge is 0.331 e. The van der Waals surface area contributed by atoms with Crippen molar-refractivity contribution >= 4 is 12.0 Å². The summed E-state index contributed by atoms with van der Waals surface area (Å²) in [7, 11) is 2.97. The number of ether oxygens (including phenoxy) is 3. The van der Waals surface area contributed by atoms with Crippen molar-refractivity contribution < 1.29 is 29.2 Å². The van der Waals surface area contributed by atoms with Crippen molar-refractivity contribution in [1.82, 2.24) is 0 Å². The van der Waals surface area contributed by atoms with E-state index in [2.05, 4.69) is 0 Å². The molecule has 1 aromatic carbocycles. The lowest BCUT2D eigenvalue weighted by molar-refractivity contribution is -0.136. The number of esters is 1. The summed E-state index contributed by atoms with van der Waals surface area (Å²) < 4.78 is 15.2. The zero-order chi connectivity index (χ0) is 18.9. The molecule has 0 heterocycles. The van der Waals surface area contributed by atoms with Gasteiger partial charge in [0.05, 0.1) is 14.2 Å². The fourth-order valence-corrected chi connectivity index (χ4v) is 2.39. The fraction of sp³-hybridized carbons (Fsp3) is 0.250. The van der Waals surface area contributed by atoms with Crippen LogP contribution in [-0.4, -0.2) is 37.0 Å². The number of benzene rings is 1. The van der Waals surface area contributed by atoms with Crippen molar-refractivity contribution in [3.05, 3.63) is 65.7 Å². The van der Waals surface area contributed by atoms with E-state index in [0.717, 1.165) is 0 Å². The number of hydrogen-bond donors (Lipinski definition) is 2. The van der Waals surface area contributed by atoms with E-state index in [0.29, 0.717) is 23.5 Å². The van der Waals surface area contributed by atoms with Crippen molar-refractivity contribution in [3.63, 3.8) is 0 Å². The maximum atomic E-state index is 11.7. The molecule has 1 atom stereocenters. The molecule has 0 amide bonds. The molecule has 0 spiro atoms. The van der Waals surface area contributed by atoms with Gasteiger partial charge in [-0.25, -0.2) is 4.79 Å². The summed E-state index contributed by atoms with van der Waals surface area (Å²) in [6.07, 6.45) is 10.5. The number of carbonyl (C=O) groups is 1. The van der Waals surface area contributed by atoms with Crippen LogP contribution in [0.2, 0.25) is 0 Å². The van der Waals surface area contributed by atoms with Gasteiger partial charge in [0.15, 0.2) is 17.3 Å². The second kappa shape index (κ2) is 9.36. The Balaban J connectivity index is 1.80. The first-order chi connectivity index (χ1) is 12.5. The van der Waals surface area contributed by atoms with Gasteiger partial charge in [-0.15, -0.1) is 0 Å². The summed E-state index contributed by atoms with van der Waals surface area (Å²) in [6, 6.07) is 4.77. The third-order valence-electron chi connectivity index (χ3n) is 3.78. The first-order valence-electron chi connectivity index (χ1n) is 8.06. The van der Waals surface area contributed by atoms with E-state index in [9.17, 15) is 15.0 Å². The zero-order valence-corrected chi connectivity index (χ0v) is 14.7. The van der Waals surface area contributed by atoms with Gasteiger partial charge in [-0.3, -0.25) is 0 Å². The third-order valence-corrected chi connectivity index (χ3v) is 3.78. The van der Waals surface area contributed by atoms with Crippen LogP contribution < -0.4 is 4.74 Å². The van der Waals surface area contributed by atoms with Gasteiger partial charge >= 0.3 is 5.97 Å². The SMILES string of the molecule is COC1=C(O)C=CC(C=CCOC(=O)C=Cc2ccc(O)c(OC)c2)C1. The van der Waals surface area contributed by atoms with Crippen LogP contribution in [0.5, 0.6) is 11.5 Å². The molecule has 0 aliphatic heterocycles. The summed E-state index contributed by atoms with van der Waals surface area (Å²) in [5.74, 6) is 0.648. The minimum Gasteiger partial charge on any atom is -0.504 e. The lowest BCUT2D eigenvalue weighted by Gasteiger charge is -2.16. The van der Waals surface area contributed by atoms with Gasteiger partial charge in [-0.05, 0) is 29.8 Å². The lowest BCUT2D eigenvalue weighted by atomic mass is 9.98. The molecule has 6 nitrogen and oxygen atoms in total. The maximum absolute atomic E-state index is 11.7. The highest BCUT2D eigenvalue weighted by Crippen LogP contribution is 2.26. The van der Waals surface area contributed by atoms with Crippen molar-refractivity contribution in [2.45, 2.75) is 6.42 Å². The number of methoxy groups -OCH3 is 2. The Morgan fingerprint density at radius 3 is 2.81 bits per heavy atom. The molecule has 138 valence electrons. The average Bonchev–Trinajstić information content (AvgIpc) is 2.65. The van der Waals surface area contributed by atoms with Gasteiger partial charge in [0, 0.05) is 18.4 Å². The minimum absolute atomic E-state index is 0.0360. The molecule has 1 aromatic rings. The number of phenols is 1. The monoisotopic (exact) mass is 358 g/mol. The Morgan fingerprint density at radius 1 is 1.27 bits per heavy atom. The topological polar surface area (TPSA) is 85.2 Å². The van der Waals surface area contributed by atoms with E-state index in [1.807, 2.05) is 12.2 Å². The van der Waals surface area contributed by atoms with Crippen LogP contribution in [0, 0.1) is 5.92 Å². The molecule has 2 N–H and O–H groups in total. The predicted molar refractivity (Wildman–Crippen MR) is 97.7 cm³/mol. The highest BCUT2D eigenvalue weighted by atomic mass is 16.5. The Kier molecular flexibility index (Phi) is 6.91. The van der Waals surface area contributed by atoms with Gasteiger partial charge in [-0.1, -0.05) is 24.3 Å². The van der Waals surface area contributed by atoms with Crippen molar-refractivity contribution in [2.75, 3.05) is 20.8 Å². The largest absolute Gasteiger partial charge is 0.504 e. The molecular formula is C20H22O6. The van der Waals surface area contributed by atoms with Crippen LogP contribution in [0.4, 0.5) is 0 Å². The number of allylic oxidation sites excluding steroid dienone is 4. The molecule has 0 saturated heterocycles. The van der Waals surface area contributed by atoms with Crippen LogP contribution in [0.15, 0.2) is 60.1 Å². The number of hydrogen-bond acceptors (Lipinski definition) is 6. The zero-order valence-electron chi connectivity index (χ0n) is 14.7. The molecule has 6 heteroatoms. The van der Waals surface area contributed by atoms with Gasteiger partial charge < -0.3 is 24.4 Å². The number of phenolic OH excluding ortho intramolecular Hbond substituents is 1. The number of aliphatic hydroxyl groups is 1. The minimum atomic E-state index is -0.476. The molecule has 26 heavy (non-hydrogen) atoms. The summed E-state index contributed by atoms with van der Waals surface area (Å²) in [6.45, 7) is 0.143. The van der Waals surface area contributed by atoms with Crippen molar-refractivity contribution in [2.24, 2.45) is 5.92 Å². The third kappa shape index (κ3) is 5.44. The highest BCUT2D eigenvalue weighted by Gasteiger charge is 2.14. The summed E-state index contributed by atoms with van der Waals surface area (Å²) in [4.78, 5) is 11.7. The fourth-order valence-electron chi connectivity index (χ4n) is 2.39. The van der Waals surface area contributed by atoms with Crippen molar-refractivity contribution in [1.29, 1.82) is 0 Å². The standard InChI is InChI=1S/C20H22O6/c1-24-18-12-14(5-8-16(18)21)4-3-11-26-20(23)10-7-15-6-9-17(22)19(13-15)25-2/h3-10,13-14,21-22H,11-12H2,1-2H3. The number of aliphatic hydroxyl groups excluding tert-OH is 1. The number of carbonyl (C=O) groups excluding carboxylic acids is 1. The van der Waals surface area contributed by atoms with E-state index in [1.54, 1.807) is 30.4 Å². The van der Waals surface area contributed by atoms with Crippen LogP contribution in [0.25, 0.3) is 6.08 Å². The van der Waals surface area contributed by atoms with Crippen LogP contribution in [0.3, 0.4) is 0 Å². The maximum Gasteiger partial charge on any atom is 0.331 e. The first-order valence-corrected chi connectivity index (χ1v) is 8.06. The van der Waals surface area contributed by atoms with Gasteiger partial charge in [-0.2, -0.15) is 0 Å². The molecule has 0 fully saturated rings. The van der Waals surface area contributed by atoms with Crippen LogP contribution in [0.1, 0.15) is 12.0 Å². The van der Waals surface area contributed by atoms with Gasteiger partial charge in [0.1, 0.15) is 12.4 Å². The molecule has 2 rings (SSSR count). The highest BCUT2D eigenvalue weighted by molar-refractivity contribution is 5.87.